The molecule has 4 rings (SSSR count). The van der Waals surface area contributed by atoms with E-state index in [-0.39, 0.29) is 31.0 Å². The van der Waals surface area contributed by atoms with Crippen LogP contribution in [0, 0.1) is 17.6 Å². The molecule has 8 nitrogen and oxygen atoms in total. The molecule has 0 radical (unpaired) electrons. The number of ether oxygens (including phenoxy) is 1. The van der Waals surface area contributed by atoms with Crippen molar-refractivity contribution in [3.05, 3.63) is 76.0 Å². The minimum absolute atomic E-state index is 0.0476. The first-order valence-electron chi connectivity index (χ1n) is 13.1. The van der Waals surface area contributed by atoms with Crippen molar-refractivity contribution < 1.29 is 33.1 Å². The summed E-state index contributed by atoms with van der Waals surface area (Å²) < 4.78 is 34.5. The van der Waals surface area contributed by atoms with Crippen molar-refractivity contribution in [1.82, 2.24) is 10.2 Å². The summed E-state index contributed by atoms with van der Waals surface area (Å²) in [6.45, 7) is 7.36. The summed E-state index contributed by atoms with van der Waals surface area (Å²) in [7, 11) is 0. The maximum absolute atomic E-state index is 14.4. The van der Waals surface area contributed by atoms with Crippen molar-refractivity contribution in [2.75, 3.05) is 24.7 Å². The Hall–Kier alpha value is -3.18. The predicted octanol–water partition coefficient (Wildman–Crippen LogP) is 5.14. The van der Waals surface area contributed by atoms with E-state index in [1.807, 2.05) is 24.3 Å². The van der Waals surface area contributed by atoms with Crippen LogP contribution in [0.3, 0.4) is 0 Å². The van der Waals surface area contributed by atoms with E-state index in [4.69, 9.17) is 9.57 Å². The molecule has 2 aromatic carbocycles. The maximum atomic E-state index is 14.4. The van der Waals surface area contributed by atoms with Crippen LogP contribution in [0.1, 0.15) is 45.2 Å². The van der Waals surface area contributed by atoms with Gasteiger partial charge in [-0.25, -0.2) is 18.6 Å². The zero-order chi connectivity index (χ0) is 29.2. The van der Waals surface area contributed by atoms with Gasteiger partial charge in [0.05, 0.1) is 15.8 Å². The third-order valence-corrected chi connectivity index (χ3v) is 7.71. The van der Waals surface area contributed by atoms with E-state index in [9.17, 15) is 23.5 Å². The molecule has 2 aliphatic heterocycles. The highest BCUT2D eigenvalue weighted by Gasteiger charge is 2.52. The molecule has 1 saturated heterocycles. The summed E-state index contributed by atoms with van der Waals surface area (Å²) in [5.74, 6) is -2.99. The number of piperidine rings is 1. The molecule has 0 bridgehead atoms. The van der Waals surface area contributed by atoms with Gasteiger partial charge < -0.3 is 24.9 Å². The summed E-state index contributed by atoms with van der Waals surface area (Å²) in [6.07, 6.45) is 1.54. The molecule has 1 unspecified atom stereocenters. The Balaban J connectivity index is 1.74. The van der Waals surface area contributed by atoms with E-state index in [1.54, 1.807) is 25.8 Å². The number of nitrogens with zero attached hydrogens (tertiary/aromatic N) is 2. The third kappa shape index (κ3) is 6.41. The second-order valence-corrected chi connectivity index (χ2v) is 12.0. The van der Waals surface area contributed by atoms with Gasteiger partial charge in [0.15, 0.2) is 11.6 Å². The van der Waals surface area contributed by atoms with Gasteiger partial charge in [0, 0.05) is 32.5 Å². The average Bonchev–Trinajstić information content (AvgIpc) is 3.25. The molecule has 2 N–H and O–H groups in total. The van der Waals surface area contributed by atoms with E-state index in [0.29, 0.717) is 23.1 Å². The fraction of sp³-hybridized carbons (Fsp3) is 0.448. The van der Waals surface area contributed by atoms with Crippen molar-refractivity contribution in [3.63, 3.8) is 0 Å². The number of carbonyl (C=O) groups excluding carboxylic acids is 2. The minimum atomic E-state index is -1.65. The predicted molar refractivity (Wildman–Crippen MR) is 149 cm³/mol. The molecule has 2 amide bonds. The number of benzene rings is 2. The molecule has 40 heavy (non-hydrogen) atoms. The summed E-state index contributed by atoms with van der Waals surface area (Å²) in [6, 6.07) is 10.2. The van der Waals surface area contributed by atoms with Crippen LogP contribution in [0.25, 0.3) is 0 Å². The van der Waals surface area contributed by atoms with Gasteiger partial charge in [-0.1, -0.05) is 24.3 Å². The number of anilines is 1. The van der Waals surface area contributed by atoms with Crippen LogP contribution in [0.2, 0.25) is 0 Å². The van der Waals surface area contributed by atoms with Gasteiger partial charge in [-0.3, -0.25) is 4.79 Å². The number of hydroxylamine groups is 1. The highest BCUT2D eigenvalue weighted by molar-refractivity contribution is 9.11. The van der Waals surface area contributed by atoms with Gasteiger partial charge in [-0.15, -0.1) is 0 Å². The quantitative estimate of drug-likeness (QED) is 0.464. The third-order valence-electron chi connectivity index (χ3n) is 7.06. The van der Waals surface area contributed by atoms with Gasteiger partial charge in [0.2, 0.25) is 5.91 Å². The van der Waals surface area contributed by atoms with E-state index in [1.165, 1.54) is 24.2 Å². The topological polar surface area (TPSA) is 91.3 Å². The molecule has 0 aromatic heterocycles. The van der Waals surface area contributed by atoms with Crippen molar-refractivity contribution >= 4 is 33.6 Å². The number of para-hydroxylation sites is 1. The number of halogens is 3. The lowest BCUT2D eigenvalue weighted by Gasteiger charge is -2.48. The summed E-state index contributed by atoms with van der Waals surface area (Å²) in [4.78, 5) is 32.0. The average molecular weight is 623 g/mol. The smallest absolute Gasteiger partial charge is 0.410 e. The highest BCUT2D eigenvalue weighted by Crippen LogP contribution is 2.47. The molecule has 0 saturated carbocycles. The minimum Gasteiger partial charge on any atom is -0.444 e. The number of hydrogen-bond acceptors (Lipinski definition) is 6. The van der Waals surface area contributed by atoms with Crippen LogP contribution in [0.4, 0.5) is 19.3 Å². The van der Waals surface area contributed by atoms with Crippen LogP contribution in [0.5, 0.6) is 0 Å². The van der Waals surface area contributed by atoms with E-state index >= 15 is 0 Å². The molecule has 216 valence electrons. The Morgan fingerprint density at radius 3 is 2.60 bits per heavy atom. The van der Waals surface area contributed by atoms with Gasteiger partial charge >= 0.3 is 6.09 Å². The van der Waals surface area contributed by atoms with Gasteiger partial charge in [-0.05, 0) is 78.9 Å². The monoisotopic (exact) mass is 621 g/mol. The van der Waals surface area contributed by atoms with Crippen molar-refractivity contribution in [1.29, 1.82) is 0 Å². The number of carbonyl (C=O) groups is 2. The molecular weight excluding hydrogens is 588 g/mol. The maximum Gasteiger partial charge on any atom is 0.410 e. The van der Waals surface area contributed by atoms with Gasteiger partial charge in [0.1, 0.15) is 17.9 Å². The number of likely N-dealkylation sites (tertiary alicyclic amines) is 1. The summed E-state index contributed by atoms with van der Waals surface area (Å²) >= 11 is 3.59. The summed E-state index contributed by atoms with van der Waals surface area (Å²) in [5, 5.41) is 16.7. The van der Waals surface area contributed by atoms with E-state index in [2.05, 4.69) is 21.2 Å². The first-order valence-corrected chi connectivity index (χ1v) is 13.9. The lowest BCUT2D eigenvalue weighted by atomic mass is 9.72. The van der Waals surface area contributed by atoms with Crippen LogP contribution in [-0.2, 0) is 26.4 Å². The number of rotatable bonds is 6. The first kappa shape index (κ1) is 29.8. The van der Waals surface area contributed by atoms with E-state index < -0.39 is 40.9 Å². The summed E-state index contributed by atoms with van der Waals surface area (Å²) in [5.41, 5.74) is -0.595. The van der Waals surface area contributed by atoms with Crippen LogP contribution in [-0.4, -0.2) is 53.3 Å². The van der Waals surface area contributed by atoms with Gasteiger partial charge in [0.25, 0.3) is 0 Å². The Labute approximate surface area is 241 Å². The second-order valence-electron chi connectivity index (χ2n) is 11.1. The van der Waals surface area contributed by atoms with Crippen molar-refractivity contribution in [2.24, 2.45) is 5.92 Å². The van der Waals surface area contributed by atoms with Crippen LogP contribution in [0.15, 0.2) is 53.2 Å². The van der Waals surface area contributed by atoms with Gasteiger partial charge in [-0.2, -0.15) is 0 Å². The Bertz CT molecular complexity index is 1300. The molecule has 0 aliphatic carbocycles. The van der Waals surface area contributed by atoms with Crippen LogP contribution < -0.4 is 10.4 Å². The molecule has 11 heteroatoms. The largest absolute Gasteiger partial charge is 0.444 e. The molecule has 0 spiro atoms. The number of hydrogen-bond donors (Lipinski definition) is 2. The Morgan fingerprint density at radius 2 is 1.93 bits per heavy atom. The molecule has 1 fully saturated rings. The fourth-order valence-electron chi connectivity index (χ4n) is 5.17. The number of aliphatic hydroxyl groups is 1. The molecule has 2 heterocycles. The standard InChI is InChI=1S/C29H34BrF2N3O5/c1-18(36)33-13-11-19-7-5-6-8-25(19)35-26(22(30)17-39-35)21-16-34(27(37)40-28(2,3)4)14-12-29(21,38)20-9-10-23(31)24(32)15-20/h5-10,15,17,21,26,38H,11-14,16H2,1-4H3,(H,33,36)/t21-,26?,29+/m1/s1. The van der Waals surface area contributed by atoms with Crippen LogP contribution >= 0.6 is 15.9 Å². The van der Waals surface area contributed by atoms with E-state index in [0.717, 1.165) is 17.7 Å². The lowest BCUT2D eigenvalue weighted by molar-refractivity contribution is -0.118. The zero-order valence-corrected chi connectivity index (χ0v) is 24.5. The fourth-order valence-corrected chi connectivity index (χ4v) is 5.76. The molecule has 2 aliphatic rings. The Kier molecular flexibility index (Phi) is 8.75. The normalized spacial score (nSPS) is 22.9. The zero-order valence-electron chi connectivity index (χ0n) is 22.9. The van der Waals surface area contributed by atoms with Crippen molar-refractivity contribution in [2.45, 2.75) is 57.8 Å². The number of amides is 2. The lowest BCUT2D eigenvalue weighted by Crippen LogP contribution is -2.58. The molecule has 2 aromatic rings. The number of nitrogens with one attached hydrogen (secondary N) is 1. The van der Waals surface area contributed by atoms with Crippen molar-refractivity contribution in [3.8, 4) is 0 Å². The highest BCUT2D eigenvalue weighted by atomic mass is 79.9. The first-order chi connectivity index (χ1) is 18.8. The Morgan fingerprint density at radius 1 is 1.20 bits per heavy atom. The second kappa shape index (κ2) is 11.7. The molecule has 3 atom stereocenters. The SMILES string of the molecule is CC(=O)NCCc1ccccc1N1OC=C(Br)C1[C@H]1CN(C(=O)OC(C)(C)C)CC[C@]1(O)c1ccc(F)c(F)c1. The molecular formula is C29H34BrF2N3O5.